The highest BCUT2D eigenvalue weighted by atomic mass is 14.7. The van der Waals surface area contributed by atoms with Gasteiger partial charge < -0.3 is 0 Å². The second kappa shape index (κ2) is 35.4. The van der Waals surface area contributed by atoms with Crippen LogP contribution in [0, 0.1) is 62.3 Å². The van der Waals surface area contributed by atoms with Crippen molar-refractivity contribution in [1.82, 2.24) is 44.9 Å². The lowest BCUT2D eigenvalue weighted by atomic mass is 10.1. The number of para-hydroxylation sites is 2. The molecular formula is C90H81N9. The van der Waals surface area contributed by atoms with Crippen LogP contribution in [0.15, 0.2) is 329 Å². The molecule has 9 heterocycles. The fraction of sp³-hybridized carbons (Fsp3) is 0.100. The van der Waals surface area contributed by atoms with Crippen LogP contribution in [-0.2, 0) is 0 Å². The Morgan fingerprint density at radius 1 is 0.202 bits per heavy atom. The van der Waals surface area contributed by atoms with Crippen LogP contribution >= 0.6 is 0 Å². The third kappa shape index (κ3) is 20.1. The summed E-state index contributed by atoms with van der Waals surface area (Å²) < 4.78 is 0. The molecule has 18 rings (SSSR count). The van der Waals surface area contributed by atoms with E-state index in [9.17, 15) is 0 Å². The predicted molar refractivity (Wildman–Crippen MR) is 418 cm³/mol. The van der Waals surface area contributed by atoms with E-state index in [-0.39, 0.29) is 0 Å². The van der Waals surface area contributed by atoms with E-state index in [2.05, 4.69) is 251 Å². The van der Waals surface area contributed by atoms with E-state index in [4.69, 9.17) is 0 Å². The zero-order valence-electron chi connectivity index (χ0n) is 57.7. The third-order valence-corrected chi connectivity index (χ3v) is 16.4. The molecule has 0 spiro atoms. The first-order valence-corrected chi connectivity index (χ1v) is 33.1. The fourth-order valence-electron chi connectivity index (χ4n) is 11.1. The Balaban J connectivity index is 0.000000120. The number of hydrogen-bond acceptors (Lipinski definition) is 9. The molecule has 9 heteroatoms. The molecule has 0 aliphatic carbocycles. The monoisotopic (exact) mass is 1290 g/mol. The highest BCUT2D eigenvalue weighted by molar-refractivity contribution is 5.88. The van der Waals surface area contributed by atoms with Gasteiger partial charge in [-0.3, -0.25) is 44.9 Å². The number of hydrogen-bond donors (Lipinski definition) is 0. The normalized spacial score (nSPS) is 10.3. The number of nitrogens with zero attached hydrogens (tertiary/aromatic N) is 9. The van der Waals surface area contributed by atoms with Gasteiger partial charge >= 0.3 is 0 Å². The third-order valence-electron chi connectivity index (χ3n) is 16.4. The molecule has 0 amide bonds. The van der Waals surface area contributed by atoms with E-state index in [1.165, 1.54) is 120 Å². The van der Waals surface area contributed by atoms with Gasteiger partial charge in [0.1, 0.15) is 0 Å². The van der Waals surface area contributed by atoms with E-state index in [1.54, 1.807) is 0 Å². The van der Waals surface area contributed by atoms with Gasteiger partial charge in [-0.05, 0) is 189 Å². The lowest BCUT2D eigenvalue weighted by Gasteiger charge is -1.98. The predicted octanol–water partition coefficient (Wildman–Crippen LogP) is 22.9. The number of aryl methyl sites for hydroxylation is 9. The van der Waals surface area contributed by atoms with E-state index in [1.807, 2.05) is 185 Å². The van der Waals surface area contributed by atoms with Crippen LogP contribution in [0.1, 0.15) is 50.3 Å². The maximum Gasteiger partial charge on any atom is 0.0731 e. The summed E-state index contributed by atoms with van der Waals surface area (Å²) in [4.78, 5) is 37.5. The van der Waals surface area contributed by atoms with Crippen molar-refractivity contribution in [1.29, 1.82) is 0 Å². The van der Waals surface area contributed by atoms with Crippen molar-refractivity contribution >= 4 is 97.3 Å². The van der Waals surface area contributed by atoms with Gasteiger partial charge in [-0.2, -0.15) is 0 Å². The van der Waals surface area contributed by atoms with Crippen molar-refractivity contribution in [3.05, 3.63) is 380 Å². The van der Waals surface area contributed by atoms with Gasteiger partial charge in [0.05, 0.1) is 16.6 Å². The lowest BCUT2D eigenvalue weighted by molar-refractivity contribution is 1.22. The maximum absolute atomic E-state index is 4.28. The molecule has 0 atom stereocenters. The van der Waals surface area contributed by atoms with Crippen LogP contribution in [0.5, 0.6) is 0 Å². The van der Waals surface area contributed by atoms with Crippen molar-refractivity contribution < 1.29 is 0 Å². The first-order chi connectivity index (χ1) is 48.3. The summed E-state index contributed by atoms with van der Waals surface area (Å²) in [6.07, 6.45) is 24.2. The van der Waals surface area contributed by atoms with Crippen LogP contribution in [0.25, 0.3) is 97.3 Å². The Kier molecular flexibility index (Phi) is 24.9. The van der Waals surface area contributed by atoms with Gasteiger partial charge in [-0.1, -0.05) is 193 Å². The second-order valence-corrected chi connectivity index (χ2v) is 24.1. The average Bonchev–Trinajstić information content (AvgIpc) is 1.22. The Hall–Kier alpha value is -12.3. The zero-order chi connectivity index (χ0) is 69.1. The van der Waals surface area contributed by atoms with Crippen LogP contribution in [0.4, 0.5) is 0 Å². The summed E-state index contributed by atoms with van der Waals surface area (Å²) in [5.74, 6) is 0. The minimum absolute atomic E-state index is 1.07. The second-order valence-electron chi connectivity index (χ2n) is 24.1. The van der Waals surface area contributed by atoms with Gasteiger partial charge in [0, 0.05) is 140 Å². The van der Waals surface area contributed by atoms with E-state index < -0.39 is 0 Å². The molecule has 486 valence electrons. The first kappa shape index (κ1) is 69.5. The molecule has 0 saturated heterocycles. The molecule has 0 radical (unpaired) electrons. The molecule has 18 aromatic rings. The zero-order valence-corrected chi connectivity index (χ0v) is 57.7. The van der Waals surface area contributed by atoms with E-state index >= 15 is 0 Å². The highest BCUT2D eigenvalue weighted by Gasteiger charge is 2.00. The largest absolute Gasteiger partial charge is 0.264 e. The minimum Gasteiger partial charge on any atom is -0.264 e. The summed E-state index contributed by atoms with van der Waals surface area (Å²) >= 11 is 0. The molecular weight excluding hydrogens is 1210 g/mol. The van der Waals surface area contributed by atoms with Crippen LogP contribution in [0.3, 0.4) is 0 Å². The molecule has 0 saturated carbocycles. The summed E-state index contributed by atoms with van der Waals surface area (Å²) in [5.41, 5.74) is 14.3. The minimum atomic E-state index is 1.07. The molecule has 9 aromatic carbocycles. The van der Waals surface area contributed by atoms with Crippen molar-refractivity contribution in [2.75, 3.05) is 0 Å². The van der Waals surface area contributed by atoms with Crippen LogP contribution in [-0.4, -0.2) is 44.9 Å². The summed E-state index contributed by atoms with van der Waals surface area (Å²) in [6, 6.07) is 84.7. The Bertz CT molecular complexity index is 4810. The van der Waals surface area contributed by atoms with Crippen molar-refractivity contribution in [2.45, 2.75) is 62.3 Å². The molecule has 0 bridgehead atoms. The lowest BCUT2D eigenvalue weighted by Crippen LogP contribution is -1.80. The molecule has 0 aliphatic heterocycles. The Morgan fingerprint density at radius 3 is 1.40 bits per heavy atom. The Morgan fingerprint density at radius 2 is 0.677 bits per heavy atom. The molecule has 9 aromatic heterocycles. The molecule has 0 N–H and O–H groups in total. The SMILES string of the molecule is Cc1cc2ccccc2cn1.Cc1ccc2cnccc2c1.Cc1ccc2ncccc2c1.Cc1cccc2cccnc12.Cc1cccc2ccncc12.Cc1cccc2cnccc12.Cc1cnc2ccccc2c1.Cc1cncc2ccccc12.Cc1nccc2ccccc12. The van der Waals surface area contributed by atoms with Crippen LogP contribution in [0.2, 0.25) is 0 Å². The molecule has 0 fully saturated rings. The first-order valence-electron chi connectivity index (χ1n) is 33.1. The summed E-state index contributed by atoms with van der Waals surface area (Å²) in [7, 11) is 0. The molecule has 9 nitrogen and oxygen atoms in total. The van der Waals surface area contributed by atoms with Crippen molar-refractivity contribution in [3.63, 3.8) is 0 Å². The number of aromatic nitrogens is 9. The Labute approximate surface area is 580 Å². The number of rotatable bonds is 0. The summed E-state index contributed by atoms with van der Waals surface area (Å²) in [6.45, 7) is 18.7. The molecule has 0 aliphatic rings. The fourth-order valence-corrected chi connectivity index (χ4v) is 11.1. The quantitative estimate of drug-likeness (QED) is 0.146. The van der Waals surface area contributed by atoms with Crippen molar-refractivity contribution in [3.8, 4) is 0 Å². The van der Waals surface area contributed by atoms with E-state index in [0.29, 0.717) is 0 Å². The highest BCUT2D eigenvalue weighted by Crippen LogP contribution is 2.21. The summed E-state index contributed by atoms with van der Waals surface area (Å²) in [5, 5.41) is 18.6. The van der Waals surface area contributed by atoms with Gasteiger partial charge in [-0.15, -0.1) is 0 Å². The number of pyridine rings is 9. The number of fused-ring (bicyclic) bond motifs is 9. The molecule has 99 heavy (non-hydrogen) atoms. The number of benzene rings is 9. The topological polar surface area (TPSA) is 116 Å². The van der Waals surface area contributed by atoms with E-state index in [0.717, 1.165) is 27.9 Å². The standard InChI is InChI=1S/9C10H9N/c1-8-4-2-5-9-6-3-7-11-10(8)9;1-8-2-3-10-7-11-5-4-9(10)6-8;1-8-4-5-10-9(7-8)3-2-6-11-10;1-8-3-2-4-9-7-11-6-5-10(8)9;1-8-3-2-4-9-5-6-11-7-10(8)9;1-8-6-11-7-9-4-2-3-5-10(8)9;1-8-6-9-4-2-3-5-10(9)7-11-8;1-8-6-9-4-2-3-5-10(9)11-7-8;1-8-10-5-3-2-4-9(10)6-7-11-8/h9*2-7H,1H3. The maximum atomic E-state index is 4.28. The van der Waals surface area contributed by atoms with Gasteiger partial charge in [0.2, 0.25) is 0 Å². The van der Waals surface area contributed by atoms with Gasteiger partial charge in [0.25, 0.3) is 0 Å². The average molecular weight is 1290 g/mol. The van der Waals surface area contributed by atoms with Gasteiger partial charge in [-0.25, -0.2) is 0 Å². The molecule has 0 unspecified atom stereocenters. The van der Waals surface area contributed by atoms with Gasteiger partial charge in [0.15, 0.2) is 0 Å². The van der Waals surface area contributed by atoms with Crippen molar-refractivity contribution in [2.24, 2.45) is 0 Å². The smallest absolute Gasteiger partial charge is 0.0731 e. The van der Waals surface area contributed by atoms with Crippen LogP contribution < -0.4 is 0 Å².